The number of benzene rings is 1. The third-order valence-electron chi connectivity index (χ3n) is 5.46. The third kappa shape index (κ3) is 3.76. The van der Waals surface area contributed by atoms with Gasteiger partial charge in [0.2, 0.25) is 0 Å². The van der Waals surface area contributed by atoms with Gasteiger partial charge in [0.1, 0.15) is 5.69 Å². The number of alkyl halides is 3. The normalized spacial score (nSPS) is 15.6. The summed E-state index contributed by atoms with van der Waals surface area (Å²) < 4.78 is 40.4. The molecule has 0 amide bonds. The second-order valence-electron chi connectivity index (χ2n) is 7.34. The first-order valence-electron chi connectivity index (χ1n) is 9.33. The van der Waals surface area contributed by atoms with Crippen LogP contribution in [-0.4, -0.2) is 34.6 Å². The fourth-order valence-electron chi connectivity index (χ4n) is 3.96. The SMILES string of the molecule is CN1CCc2c(n(CCc3ccc(C(F)(F)F)nc3)c3ccc(Cl)cc23)CC1. The summed E-state index contributed by atoms with van der Waals surface area (Å²) in [6.07, 6.45) is -0.531. The van der Waals surface area contributed by atoms with Gasteiger partial charge in [0.25, 0.3) is 0 Å². The Balaban J connectivity index is 1.65. The summed E-state index contributed by atoms with van der Waals surface area (Å²) in [7, 11) is 2.12. The molecule has 28 heavy (non-hydrogen) atoms. The summed E-state index contributed by atoms with van der Waals surface area (Å²) in [6, 6.07) is 8.53. The zero-order valence-electron chi connectivity index (χ0n) is 15.6. The van der Waals surface area contributed by atoms with Crippen LogP contribution in [0, 0.1) is 0 Å². The molecule has 4 rings (SSSR count). The summed E-state index contributed by atoms with van der Waals surface area (Å²) in [5.41, 5.74) is 3.73. The Morgan fingerprint density at radius 1 is 1.11 bits per heavy atom. The molecule has 3 nitrogen and oxygen atoms in total. The van der Waals surface area contributed by atoms with E-state index in [2.05, 4.69) is 21.5 Å². The molecule has 0 fully saturated rings. The van der Waals surface area contributed by atoms with Gasteiger partial charge in [-0.1, -0.05) is 17.7 Å². The smallest absolute Gasteiger partial charge is 0.344 e. The molecule has 1 aromatic carbocycles. The van der Waals surface area contributed by atoms with Gasteiger partial charge in [-0.25, -0.2) is 0 Å². The van der Waals surface area contributed by atoms with Crippen LogP contribution < -0.4 is 0 Å². The topological polar surface area (TPSA) is 21.1 Å². The Morgan fingerprint density at radius 2 is 1.89 bits per heavy atom. The van der Waals surface area contributed by atoms with E-state index >= 15 is 0 Å². The first-order chi connectivity index (χ1) is 13.3. The highest BCUT2D eigenvalue weighted by Gasteiger charge is 2.32. The Labute approximate surface area is 166 Å². The largest absolute Gasteiger partial charge is 0.433 e. The van der Waals surface area contributed by atoms with Crippen molar-refractivity contribution in [1.82, 2.24) is 14.5 Å². The average Bonchev–Trinajstić information content (AvgIpc) is 2.79. The van der Waals surface area contributed by atoms with Gasteiger partial charge in [-0.05, 0) is 55.3 Å². The van der Waals surface area contributed by atoms with E-state index in [0.29, 0.717) is 13.0 Å². The van der Waals surface area contributed by atoms with E-state index in [9.17, 15) is 13.2 Å². The van der Waals surface area contributed by atoms with E-state index in [1.54, 1.807) is 0 Å². The Hall–Kier alpha value is -2.05. The van der Waals surface area contributed by atoms with Crippen molar-refractivity contribution in [1.29, 1.82) is 0 Å². The highest BCUT2D eigenvalue weighted by molar-refractivity contribution is 6.31. The quantitative estimate of drug-likeness (QED) is 0.610. The van der Waals surface area contributed by atoms with E-state index in [1.807, 2.05) is 18.2 Å². The van der Waals surface area contributed by atoms with E-state index < -0.39 is 11.9 Å². The predicted molar refractivity (Wildman–Crippen MR) is 105 cm³/mol. The number of aryl methyl sites for hydroxylation is 2. The standard InChI is InChI=1S/C21H21ClF3N3/c1-27-9-7-16-17-12-15(22)3-4-18(17)28(19(16)8-10-27)11-6-14-2-5-20(26-13-14)21(23,24)25/h2-5,12-13H,6-11H2,1H3. The molecular formula is C21H21ClF3N3. The van der Waals surface area contributed by atoms with Gasteiger partial charge in [-0.2, -0.15) is 13.2 Å². The highest BCUT2D eigenvalue weighted by Crippen LogP contribution is 2.32. The van der Waals surface area contributed by atoms with Gasteiger partial charge in [-0.3, -0.25) is 4.98 Å². The molecule has 0 radical (unpaired) electrons. The molecule has 0 saturated carbocycles. The van der Waals surface area contributed by atoms with Crippen molar-refractivity contribution in [2.45, 2.75) is 32.0 Å². The summed E-state index contributed by atoms with van der Waals surface area (Å²) >= 11 is 6.24. The maximum atomic E-state index is 12.7. The second kappa shape index (κ2) is 7.41. The number of halogens is 4. The van der Waals surface area contributed by atoms with Crippen LogP contribution >= 0.6 is 11.6 Å². The molecule has 1 aliphatic rings. The van der Waals surface area contributed by atoms with Gasteiger partial charge < -0.3 is 9.47 Å². The molecule has 0 bridgehead atoms. The van der Waals surface area contributed by atoms with E-state index in [4.69, 9.17) is 11.6 Å². The number of rotatable bonds is 3. The first kappa shape index (κ1) is 19.3. The van der Waals surface area contributed by atoms with Gasteiger partial charge in [0.15, 0.2) is 0 Å². The average molecular weight is 408 g/mol. The van der Waals surface area contributed by atoms with Crippen molar-refractivity contribution in [3.8, 4) is 0 Å². The molecule has 148 valence electrons. The molecule has 2 aromatic heterocycles. The van der Waals surface area contributed by atoms with Crippen LogP contribution in [0.15, 0.2) is 36.5 Å². The number of nitrogens with zero attached hydrogens (tertiary/aromatic N) is 3. The molecule has 7 heteroatoms. The second-order valence-corrected chi connectivity index (χ2v) is 7.78. The number of fused-ring (bicyclic) bond motifs is 3. The van der Waals surface area contributed by atoms with Crippen molar-refractivity contribution in [3.63, 3.8) is 0 Å². The molecule has 0 aliphatic carbocycles. The lowest BCUT2D eigenvalue weighted by Crippen LogP contribution is -2.21. The Kier molecular flexibility index (Phi) is 5.10. The van der Waals surface area contributed by atoms with Crippen LogP contribution in [-0.2, 0) is 32.0 Å². The number of aromatic nitrogens is 2. The molecular weight excluding hydrogens is 387 g/mol. The third-order valence-corrected chi connectivity index (χ3v) is 5.70. The minimum absolute atomic E-state index is 0.625. The minimum atomic E-state index is -4.40. The fourth-order valence-corrected chi connectivity index (χ4v) is 4.13. The van der Waals surface area contributed by atoms with Crippen LogP contribution in [0.1, 0.15) is 22.5 Å². The molecule has 1 aliphatic heterocycles. The lowest BCUT2D eigenvalue weighted by Gasteiger charge is -2.14. The van der Waals surface area contributed by atoms with E-state index in [0.717, 1.165) is 48.1 Å². The fraction of sp³-hybridized carbons (Fsp3) is 0.381. The van der Waals surface area contributed by atoms with Crippen LogP contribution in [0.4, 0.5) is 13.2 Å². The van der Waals surface area contributed by atoms with Gasteiger partial charge >= 0.3 is 6.18 Å². The Morgan fingerprint density at radius 3 is 2.61 bits per heavy atom. The molecule has 0 atom stereocenters. The summed E-state index contributed by atoms with van der Waals surface area (Å²) in [5.74, 6) is 0. The lowest BCUT2D eigenvalue weighted by atomic mass is 10.1. The number of hydrogen-bond acceptors (Lipinski definition) is 2. The molecule has 3 heterocycles. The van der Waals surface area contributed by atoms with Crippen LogP contribution in [0.3, 0.4) is 0 Å². The van der Waals surface area contributed by atoms with Gasteiger partial charge in [0, 0.05) is 53.9 Å². The van der Waals surface area contributed by atoms with Gasteiger partial charge in [0.05, 0.1) is 0 Å². The van der Waals surface area contributed by atoms with Crippen molar-refractivity contribution in [2.24, 2.45) is 0 Å². The summed E-state index contributed by atoms with van der Waals surface area (Å²) in [4.78, 5) is 5.90. The summed E-state index contributed by atoms with van der Waals surface area (Å²) in [6.45, 7) is 2.69. The highest BCUT2D eigenvalue weighted by atomic mass is 35.5. The predicted octanol–water partition coefficient (Wildman–Crippen LogP) is 4.98. The molecule has 0 unspecified atom stereocenters. The van der Waals surface area contributed by atoms with Crippen LogP contribution in [0.5, 0.6) is 0 Å². The minimum Gasteiger partial charge on any atom is -0.344 e. The number of likely N-dealkylation sites (N-methyl/N-ethyl adjacent to an activating group) is 1. The number of hydrogen-bond donors (Lipinski definition) is 0. The molecule has 0 N–H and O–H groups in total. The summed E-state index contributed by atoms with van der Waals surface area (Å²) in [5, 5.41) is 1.90. The lowest BCUT2D eigenvalue weighted by molar-refractivity contribution is -0.141. The van der Waals surface area contributed by atoms with Crippen molar-refractivity contribution in [3.05, 3.63) is 64.1 Å². The molecule has 3 aromatic rings. The van der Waals surface area contributed by atoms with Crippen molar-refractivity contribution in [2.75, 3.05) is 20.1 Å². The van der Waals surface area contributed by atoms with Crippen LogP contribution in [0.25, 0.3) is 10.9 Å². The van der Waals surface area contributed by atoms with Crippen molar-refractivity contribution < 1.29 is 13.2 Å². The maximum Gasteiger partial charge on any atom is 0.433 e. The molecule has 0 saturated heterocycles. The number of pyridine rings is 1. The van der Waals surface area contributed by atoms with E-state index in [1.165, 1.54) is 28.9 Å². The monoisotopic (exact) mass is 407 g/mol. The zero-order chi connectivity index (χ0) is 19.9. The van der Waals surface area contributed by atoms with Gasteiger partial charge in [-0.15, -0.1) is 0 Å². The Bertz CT molecular complexity index is 993. The maximum absolute atomic E-state index is 12.7. The zero-order valence-corrected chi connectivity index (χ0v) is 16.3. The molecule has 0 spiro atoms. The van der Waals surface area contributed by atoms with E-state index in [-0.39, 0.29) is 0 Å². The van der Waals surface area contributed by atoms with Crippen molar-refractivity contribution >= 4 is 22.5 Å². The first-order valence-corrected chi connectivity index (χ1v) is 9.71. The van der Waals surface area contributed by atoms with Crippen LogP contribution in [0.2, 0.25) is 5.02 Å².